The fourth-order valence-corrected chi connectivity index (χ4v) is 3.13. The van der Waals surface area contributed by atoms with Crippen molar-refractivity contribution < 1.29 is 13.7 Å². The van der Waals surface area contributed by atoms with Gasteiger partial charge in [0, 0.05) is 38.9 Å². The first-order chi connectivity index (χ1) is 12.1. The number of carbonyl (C=O) groups excluding carboxylic acids is 1. The first-order valence-corrected chi connectivity index (χ1v) is 8.83. The molecule has 1 amide bonds. The van der Waals surface area contributed by atoms with Gasteiger partial charge in [-0.25, -0.2) is 4.98 Å². The van der Waals surface area contributed by atoms with Gasteiger partial charge in [0.05, 0.1) is 19.3 Å². The van der Waals surface area contributed by atoms with Gasteiger partial charge in [-0.15, -0.1) is 0 Å². The molecule has 8 nitrogen and oxygen atoms in total. The van der Waals surface area contributed by atoms with E-state index in [1.54, 1.807) is 13.1 Å². The van der Waals surface area contributed by atoms with Crippen molar-refractivity contribution in [3.63, 3.8) is 0 Å². The summed E-state index contributed by atoms with van der Waals surface area (Å²) in [6.45, 7) is 8.35. The lowest BCUT2D eigenvalue weighted by atomic mass is 10.2. The molecule has 1 fully saturated rings. The maximum Gasteiger partial charge on any atom is 0.226 e. The third-order valence-electron chi connectivity index (χ3n) is 4.53. The normalized spacial score (nSPS) is 18.0. The van der Waals surface area contributed by atoms with Gasteiger partial charge in [0.2, 0.25) is 17.7 Å². The van der Waals surface area contributed by atoms with Crippen LogP contribution < -0.4 is 0 Å². The van der Waals surface area contributed by atoms with Gasteiger partial charge in [0.25, 0.3) is 0 Å². The lowest BCUT2D eigenvalue weighted by molar-refractivity contribution is -0.131. The molecule has 0 N–H and O–H groups in total. The molecule has 8 heteroatoms. The van der Waals surface area contributed by atoms with Gasteiger partial charge in [-0.05, 0) is 6.42 Å². The van der Waals surface area contributed by atoms with Crippen molar-refractivity contribution in [2.45, 2.75) is 59.2 Å². The van der Waals surface area contributed by atoms with Gasteiger partial charge in [0.1, 0.15) is 5.76 Å². The number of oxazole rings is 1. The fourth-order valence-electron chi connectivity index (χ4n) is 3.13. The van der Waals surface area contributed by atoms with Crippen LogP contribution in [-0.4, -0.2) is 50.0 Å². The van der Waals surface area contributed by atoms with E-state index in [4.69, 9.17) is 8.94 Å². The molecule has 2 aromatic rings. The number of likely N-dealkylation sites (tertiary alicyclic amines) is 1. The number of hydrogen-bond donors (Lipinski definition) is 0. The molecular formula is C17H25N5O3. The molecule has 0 aromatic carbocycles. The third kappa shape index (κ3) is 4.25. The lowest BCUT2D eigenvalue weighted by Gasteiger charge is -2.26. The molecule has 0 spiro atoms. The summed E-state index contributed by atoms with van der Waals surface area (Å²) in [6, 6.07) is 0.140. The minimum atomic E-state index is 0.0269. The molecule has 1 aliphatic heterocycles. The maximum absolute atomic E-state index is 12.1. The van der Waals surface area contributed by atoms with Crippen LogP contribution in [0.3, 0.4) is 0 Å². The van der Waals surface area contributed by atoms with E-state index in [1.807, 2.05) is 18.7 Å². The first kappa shape index (κ1) is 17.6. The average molecular weight is 347 g/mol. The zero-order chi connectivity index (χ0) is 17.8. The molecule has 0 unspecified atom stereocenters. The standard InChI is InChI=1S/C17H25N5O3/c1-4-14-8-18-17(24-14)11-21-7-6-13(9-21)22(12(3)23)10-15-19-16(5-2)25-20-15/h8,13H,4-7,9-11H2,1-3H3/t13-/m0/s1. The fraction of sp³-hybridized carbons (Fsp3) is 0.647. The van der Waals surface area contributed by atoms with Gasteiger partial charge in [-0.3, -0.25) is 9.69 Å². The minimum absolute atomic E-state index is 0.0269. The Bertz CT molecular complexity index is 711. The van der Waals surface area contributed by atoms with Crippen LogP contribution in [-0.2, 0) is 30.7 Å². The molecule has 0 bridgehead atoms. The van der Waals surface area contributed by atoms with E-state index >= 15 is 0 Å². The second kappa shape index (κ2) is 7.77. The number of nitrogens with zero attached hydrogens (tertiary/aromatic N) is 5. The highest BCUT2D eigenvalue weighted by Crippen LogP contribution is 2.20. The summed E-state index contributed by atoms with van der Waals surface area (Å²) in [4.78, 5) is 24.8. The summed E-state index contributed by atoms with van der Waals surface area (Å²) in [5.74, 6) is 2.82. The summed E-state index contributed by atoms with van der Waals surface area (Å²) in [5.41, 5.74) is 0. The topological polar surface area (TPSA) is 88.5 Å². The Morgan fingerprint density at radius 1 is 1.36 bits per heavy atom. The quantitative estimate of drug-likeness (QED) is 0.754. The second-order valence-corrected chi connectivity index (χ2v) is 6.36. The van der Waals surface area contributed by atoms with Crippen LogP contribution in [0.2, 0.25) is 0 Å². The minimum Gasteiger partial charge on any atom is -0.444 e. The molecule has 0 aliphatic carbocycles. The number of amides is 1. The Morgan fingerprint density at radius 2 is 2.20 bits per heavy atom. The summed E-state index contributed by atoms with van der Waals surface area (Å²) < 4.78 is 10.8. The van der Waals surface area contributed by atoms with Crippen LogP contribution >= 0.6 is 0 Å². The first-order valence-electron chi connectivity index (χ1n) is 8.83. The van der Waals surface area contributed by atoms with E-state index in [1.165, 1.54) is 0 Å². The van der Waals surface area contributed by atoms with Crippen molar-refractivity contribution >= 4 is 5.91 Å². The van der Waals surface area contributed by atoms with Crippen molar-refractivity contribution in [1.29, 1.82) is 0 Å². The Hall–Kier alpha value is -2.22. The van der Waals surface area contributed by atoms with Gasteiger partial charge in [-0.1, -0.05) is 19.0 Å². The molecule has 3 heterocycles. The summed E-state index contributed by atoms with van der Waals surface area (Å²) in [5, 5.41) is 3.96. The van der Waals surface area contributed by atoms with Gasteiger partial charge < -0.3 is 13.8 Å². The van der Waals surface area contributed by atoms with E-state index in [0.29, 0.717) is 31.2 Å². The highest BCUT2D eigenvalue weighted by atomic mass is 16.5. The number of hydrogen-bond acceptors (Lipinski definition) is 7. The Balaban J connectivity index is 1.60. The SMILES string of the molecule is CCc1cnc(CN2CC[C@H](N(Cc3noc(CC)n3)C(C)=O)C2)o1. The summed E-state index contributed by atoms with van der Waals surface area (Å²) in [6.07, 6.45) is 4.24. The largest absolute Gasteiger partial charge is 0.444 e. The molecule has 1 saturated heterocycles. The van der Waals surface area contributed by atoms with Crippen molar-refractivity contribution in [1.82, 2.24) is 24.9 Å². The van der Waals surface area contributed by atoms with Crippen LogP contribution in [0.25, 0.3) is 0 Å². The Kier molecular flexibility index (Phi) is 5.47. The van der Waals surface area contributed by atoms with Gasteiger partial charge in [-0.2, -0.15) is 4.98 Å². The van der Waals surface area contributed by atoms with Crippen molar-refractivity contribution in [3.05, 3.63) is 29.6 Å². The number of carbonyl (C=O) groups is 1. The van der Waals surface area contributed by atoms with Crippen LogP contribution in [0, 0.1) is 0 Å². The van der Waals surface area contributed by atoms with E-state index in [-0.39, 0.29) is 11.9 Å². The van der Waals surface area contributed by atoms with Gasteiger partial charge >= 0.3 is 0 Å². The van der Waals surface area contributed by atoms with Gasteiger partial charge in [0.15, 0.2) is 5.82 Å². The monoisotopic (exact) mass is 347 g/mol. The second-order valence-electron chi connectivity index (χ2n) is 6.36. The third-order valence-corrected chi connectivity index (χ3v) is 4.53. The molecule has 0 saturated carbocycles. The van der Waals surface area contributed by atoms with E-state index in [0.717, 1.165) is 37.6 Å². The smallest absolute Gasteiger partial charge is 0.226 e. The zero-order valence-electron chi connectivity index (χ0n) is 15.1. The highest BCUT2D eigenvalue weighted by molar-refractivity contribution is 5.73. The van der Waals surface area contributed by atoms with Crippen molar-refractivity contribution in [3.8, 4) is 0 Å². The molecule has 0 radical (unpaired) electrons. The molecule has 136 valence electrons. The number of rotatable bonds is 7. The Morgan fingerprint density at radius 3 is 2.84 bits per heavy atom. The lowest BCUT2D eigenvalue weighted by Crippen LogP contribution is -2.40. The predicted octanol–water partition coefficient (Wildman–Crippen LogP) is 1.81. The number of aromatic nitrogens is 3. The number of aryl methyl sites for hydroxylation is 2. The molecule has 2 aromatic heterocycles. The molecule has 25 heavy (non-hydrogen) atoms. The maximum atomic E-state index is 12.1. The summed E-state index contributed by atoms with van der Waals surface area (Å²) in [7, 11) is 0. The Labute approximate surface area is 147 Å². The van der Waals surface area contributed by atoms with E-state index in [2.05, 4.69) is 20.0 Å². The van der Waals surface area contributed by atoms with Crippen LogP contribution in [0.15, 0.2) is 15.1 Å². The van der Waals surface area contributed by atoms with E-state index < -0.39 is 0 Å². The summed E-state index contributed by atoms with van der Waals surface area (Å²) >= 11 is 0. The predicted molar refractivity (Wildman–Crippen MR) is 89.5 cm³/mol. The average Bonchev–Trinajstić information content (AvgIpc) is 3.33. The van der Waals surface area contributed by atoms with Crippen LogP contribution in [0.1, 0.15) is 50.6 Å². The van der Waals surface area contributed by atoms with Crippen molar-refractivity contribution in [2.75, 3.05) is 13.1 Å². The zero-order valence-corrected chi connectivity index (χ0v) is 15.1. The highest BCUT2D eigenvalue weighted by Gasteiger charge is 2.30. The molecule has 3 rings (SSSR count). The van der Waals surface area contributed by atoms with Crippen molar-refractivity contribution in [2.24, 2.45) is 0 Å². The van der Waals surface area contributed by atoms with Crippen LogP contribution in [0.5, 0.6) is 0 Å². The van der Waals surface area contributed by atoms with E-state index in [9.17, 15) is 4.79 Å². The van der Waals surface area contributed by atoms with Crippen LogP contribution in [0.4, 0.5) is 0 Å². The molecule has 1 atom stereocenters. The molecular weight excluding hydrogens is 322 g/mol. The molecule has 1 aliphatic rings.